The molecule has 0 spiro atoms. The second-order valence-corrected chi connectivity index (χ2v) is 8.72. The first-order valence-electron chi connectivity index (χ1n) is 10.6. The lowest BCUT2D eigenvalue weighted by atomic mass is 10.2. The molecule has 0 bridgehead atoms. The number of methoxy groups -OCH3 is 3. The van der Waals surface area contributed by atoms with Gasteiger partial charge >= 0.3 is 0 Å². The smallest absolute Gasteiger partial charge is 0.245 e. The number of hydrogen-bond acceptors (Lipinski definition) is 12. The third-order valence-electron chi connectivity index (χ3n) is 5.06. The molecule has 0 aliphatic rings. The average molecular weight is 499 g/mol. The van der Waals surface area contributed by atoms with Gasteiger partial charge in [0.15, 0.2) is 17.3 Å². The molecule has 4 rings (SSSR count). The molecular formula is C22H26N8O4S. The zero-order chi connectivity index (χ0) is 24.9. The molecule has 4 aromatic rings. The highest BCUT2D eigenvalue weighted by Gasteiger charge is 2.28. The third kappa shape index (κ3) is 5.05. The monoisotopic (exact) mass is 498 g/mol. The Morgan fingerprint density at radius 1 is 0.971 bits per heavy atom. The second kappa shape index (κ2) is 10.7. The van der Waals surface area contributed by atoms with Crippen molar-refractivity contribution in [2.24, 2.45) is 0 Å². The number of ether oxygens (including phenoxy) is 3. The van der Waals surface area contributed by atoms with Crippen LogP contribution in [0.15, 0.2) is 35.3 Å². The molecule has 0 radical (unpaired) electrons. The Kier molecular flexibility index (Phi) is 7.46. The van der Waals surface area contributed by atoms with Crippen molar-refractivity contribution < 1.29 is 18.6 Å². The lowest BCUT2D eigenvalue weighted by molar-refractivity contribution is 0.0972. The zero-order valence-electron chi connectivity index (χ0n) is 20.2. The van der Waals surface area contributed by atoms with Gasteiger partial charge in [0.1, 0.15) is 18.2 Å². The van der Waals surface area contributed by atoms with Crippen LogP contribution in [0.2, 0.25) is 0 Å². The van der Waals surface area contributed by atoms with Crippen molar-refractivity contribution in [1.29, 1.82) is 0 Å². The van der Waals surface area contributed by atoms with E-state index < -0.39 is 0 Å². The van der Waals surface area contributed by atoms with Crippen LogP contribution in [0.25, 0.3) is 17.3 Å². The van der Waals surface area contributed by atoms with Gasteiger partial charge in [-0.1, -0.05) is 0 Å². The van der Waals surface area contributed by atoms with Crippen LogP contribution in [-0.2, 0) is 4.74 Å². The number of furan rings is 1. The van der Waals surface area contributed by atoms with E-state index in [9.17, 15) is 0 Å². The summed E-state index contributed by atoms with van der Waals surface area (Å²) in [6, 6.07) is 3.66. The summed E-state index contributed by atoms with van der Waals surface area (Å²) in [6.07, 6.45) is 4.53. The summed E-state index contributed by atoms with van der Waals surface area (Å²) >= 11 is 1.38. The summed E-state index contributed by atoms with van der Waals surface area (Å²) in [6.45, 7) is 5.79. The number of hydrogen-bond donors (Lipinski definition) is 1. The third-order valence-corrected chi connectivity index (χ3v) is 5.98. The highest BCUT2D eigenvalue weighted by Crippen LogP contribution is 2.37. The lowest BCUT2D eigenvalue weighted by Crippen LogP contribution is -2.19. The summed E-state index contributed by atoms with van der Waals surface area (Å²) in [7, 11) is 4.66. The second-order valence-electron chi connectivity index (χ2n) is 7.53. The Bertz CT molecular complexity index is 1250. The van der Waals surface area contributed by atoms with E-state index >= 15 is 0 Å². The summed E-state index contributed by atoms with van der Waals surface area (Å²) in [5.41, 5.74) is 1.40. The molecule has 0 aliphatic carbocycles. The van der Waals surface area contributed by atoms with Gasteiger partial charge in [0.05, 0.1) is 19.5 Å². The van der Waals surface area contributed by atoms with Gasteiger partial charge in [-0.2, -0.15) is 9.97 Å². The molecule has 12 nitrogen and oxygen atoms in total. The number of nitrogens with one attached hydrogen (secondary N) is 1. The van der Waals surface area contributed by atoms with Crippen LogP contribution in [0.1, 0.15) is 30.2 Å². The summed E-state index contributed by atoms with van der Waals surface area (Å²) in [5.74, 6) is 3.21. The molecular weight excluding hydrogens is 472 g/mol. The van der Waals surface area contributed by atoms with Crippen LogP contribution >= 0.6 is 11.9 Å². The molecule has 0 saturated carbocycles. The number of nitrogens with zero attached hydrogens (tertiary/aromatic N) is 7. The van der Waals surface area contributed by atoms with Crippen LogP contribution in [0.3, 0.4) is 0 Å². The molecule has 0 amide bonds. The predicted octanol–water partition coefficient (Wildman–Crippen LogP) is 3.58. The normalized spacial score (nSPS) is 12.9. The quantitative estimate of drug-likeness (QED) is 0.320. The fraction of sp³-hybridized carbons (Fsp3) is 0.364. The Balaban J connectivity index is 1.71. The highest BCUT2D eigenvalue weighted by molar-refractivity contribution is 8.01. The van der Waals surface area contributed by atoms with Gasteiger partial charge in [0, 0.05) is 19.5 Å². The van der Waals surface area contributed by atoms with Crippen molar-refractivity contribution in [2.45, 2.75) is 32.1 Å². The summed E-state index contributed by atoms with van der Waals surface area (Å²) < 4.78 is 27.5. The van der Waals surface area contributed by atoms with Gasteiger partial charge in [0.2, 0.25) is 23.5 Å². The van der Waals surface area contributed by atoms with Crippen molar-refractivity contribution in [3.05, 3.63) is 48.0 Å². The average Bonchev–Trinajstić information content (AvgIpc) is 3.49. The highest BCUT2D eigenvalue weighted by atomic mass is 32.2. The van der Waals surface area contributed by atoms with Crippen molar-refractivity contribution in [1.82, 2.24) is 34.7 Å². The largest absolute Gasteiger partial charge is 0.479 e. The fourth-order valence-corrected chi connectivity index (χ4v) is 4.16. The number of aryl methyl sites for hydroxylation is 2. The van der Waals surface area contributed by atoms with Crippen LogP contribution < -0.4 is 14.2 Å². The molecule has 2 unspecified atom stereocenters. The van der Waals surface area contributed by atoms with E-state index in [1.54, 1.807) is 24.1 Å². The summed E-state index contributed by atoms with van der Waals surface area (Å²) in [4.78, 5) is 17.3. The minimum Gasteiger partial charge on any atom is -0.479 e. The van der Waals surface area contributed by atoms with E-state index in [4.69, 9.17) is 18.6 Å². The summed E-state index contributed by atoms with van der Waals surface area (Å²) in [5, 5.41) is 8.61. The Hall–Kier alpha value is -3.71. The molecule has 1 N–H and O–H groups in total. The van der Waals surface area contributed by atoms with Crippen molar-refractivity contribution in [2.75, 3.05) is 26.1 Å². The zero-order valence-corrected chi connectivity index (χ0v) is 21.0. The van der Waals surface area contributed by atoms with Gasteiger partial charge < -0.3 is 18.6 Å². The van der Waals surface area contributed by atoms with E-state index in [0.717, 1.165) is 11.3 Å². The molecule has 13 heteroatoms. The minimum absolute atomic E-state index is 0.0991. The lowest BCUT2D eigenvalue weighted by Gasteiger charge is -2.21. The maximum atomic E-state index is 5.82. The van der Waals surface area contributed by atoms with Gasteiger partial charge in [0.25, 0.3) is 0 Å². The van der Waals surface area contributed by atoms with E-state index in [1.165, 1.54) is 32.5 Å². The standard InChI is InChI=1S/C22H26N8O4S/c1-12-9-23-18(24-10-12)17(31-4)14(3)35-29-22-28-27-19(15-8-7-13(2)34-15)30(22)16-20(32-5)25-11-26-21(16)33-6/h7-11,14,17H,1-6H3,(H,28,29). The Morgan fingerprint density at radius 3 is 2.23 bits per heavy atom. The van der Waals surface area contributed by atoms with Gasteiger partial charge in [-0.3, -0.25) is 4.72 Å². The van der Waals surface area contributed by atoms with Gasteiger partial charge in [-0.25, -0.2) is 14.5 Å². The minimum atomic E-state index is -0.360. The maximum Gasteiger partial charge on any atom is 0.245 e. The molecule has 0 aliphatic heterocycles. The number of aromatic nitrogens is 7. The molecule has 184 valence electrons. The molecule has 2 atom stereocenters. The maximum absolute atomic E-state index is 5.82. The van der Waals surface area contributed by atoms with Gasteiger partial charge in [-0.15, -0.1) is 10.2 Å². The SMILES string of the molecule is COc1ncnc(OC)c1-n1c(NSC(C)C(OC)c2ncc(C)cn2)nnc1-c1ccc(C)o1. The van der Waals surface area contributed by atoms with E-state index in [1.807, 2.05) is 32.9 Å². The molecule has 0 fully saturated rings. The van der Waals surface area contributed by atoms with E-state index in [0.29, 0.717) is 29.0 Å². The van der Waals surface area contributed by atoms with Crippen LogP contribution in [0.5, 0.6) is 11.8 Å². The molecule has 4 aromatic heterocycles. The van der Waals surface area contributed by atoms with Crippen LogP contribution in [-0.4, -0.2) is 61.3 Å². The van der Waals surface area contributed by atoms with E-state index in [-0.39, 0.29) is 23.1 Å². The van der Waals surface area contributed by atoms with E-state index in [2.05, 4.69) is 34.9 Å². The predicted molar refractivity (Wildman–Crippen MR) is 130 cm³/mol. The molecule has 35 heavy (non-hydrogen) atoms. The van der Waals surface area contributed by atoms with Crippen molar-refractivity contribution in [3.63, 3.8) is 0 Å². The van der Waals surface area contributed by atoms with Gasteiger partial charge in [-0.05, 0) is 50.4 Å². The van der Waals surface area contributed by atoms with Crippen LogP contribution in [0, 0.1) is 13.8 Å². The number of rotatable bonds is 10. The van der Waals surface area contributed by atoms with Crippen LogP contribution in [0.4, 0.5) is 5.95 Å². The molecule has 0 saturated heterocycles. The Morgan fingerprint density at radius 2 is 1.66 bits per heavy atom. The first kappa shape index (κ1) is 24.4. The molecule has 4 heterocycles. The molecule has 0 aromatic carbocycles. The Labute approximate surface area is 206 Å². The van der Waals surface area contributed by atoms with Crippen molar-refractivity contribution in [3.8, 4) is 29.0 Å². The fourth-order valence-electron chi connectivity index (χ4n) is 3.38. The first-order valence-corrected chi connectivity index (χ1v) is 11.5. The number of anilines is 1. The topological polar surface area (TPSA) is 135 Å². The first-order chi connectivity index (χ1) is 17.0. The van der Waals surface area contributed by atoms with Crippen molar-refractivity contribution >= 4 is 17.9 Å².